The molecule has 0 aliphatic heterocycles. The third-order valence-electron chi connectivity index (χ3n) is 6.57. The van der Waals surface area contributed by atoms with Crippen LogP contribution in [0, 0.1) is 0 Å². The van der Waals surface area contributed by atoms with E-state index >= 15 is 0 Å². The molecule has 1 aliphatic carbocycles. The van der Waals surface area contributed by atoms with Crippen LogP contribution in [-0.2, 0) is 27.1 Å². The second-order valence-electron chi connectivity index (χ2n) is 8.68. The SMILES string of the molecule is Cn1c(=O)c2c(ncn2CCCCCCCCNC2CCc3ccccc32)n(C)c1=O. The summed E-state index contributed by atoms with van der Waals surface area (Å²) in [5.41, 5.74) is 3.37. The largest absolute Gasteiger partial charge is 0.332 e. The minimum absolute atomic E-state index is 0.270. The van der Waals surface area contributed by atoms with Crippen LogP contribution in [0.2, 0.25) is 0 Å². The number of fused-ring (bicyclic) bond motifs is 2. The van der Waals surface area contributed by atoms with E-state index < -0.39 is 0 Å². The number of imidazole rings is 1. The van der Waals surface area contributed by atoms with Crippen molar-refractivity contribution < 1.29 is 0 Å². The van der Waals surface area contributed by atoms with Crippen LogP contribution in [0.3, 0.4) is 0 Å². The Morgan fingerprint density at radius 2 is 1.74 bits per heavy atom. The lowest BCUT2D eigenvalue weighted by Crippen LogP contribution is -2.37. The number of rotatable bonds is 10. The highest BCUT2D eigenvalue weighted by Crippen LogP contribution is 2.30. The van der Waals surface area contributed by atoms with Gasteiger partial charge in [0.15, 0.2) is 11.2 Å². The highest BCUT2D eigenvalue weighted by atomic mass is 16.2. The molecule has 0 spiro atoms. The molecule has 31 heavy (non-hydrogen) atoms. The number of benzene rings is 1. The van der Waals surface area contributed by atoms with E-state index in [-0.39, 0.29) is 11.2 Å². The summed E-state index contributed by atoms with van der Waals surface area (Å²) in [7, 11) is 3.17. The maximum atomic E-state index is 12.5. The fourth-order valence-corrected chi connectivity index (χ4v) is 4.73. The zero-order chi connectivity index (χ0) is 21.8. The van der Waals surface area contributed by atoms with E-state index in [2.05, 4.69) is 34.6 Å². The third-order valence-corrected chi connectivity index (χ3v) is 6.57. The number of unbranched alkanes of at least 4 members (excludes halogenated alkanes) is 5. The molecule has 1 unspecified atom stereocenters. The van der Waals surface area contributed by atoms with Gasteiger partial charge in [-0.3, -0.25) is 13.9 Å². The van der Waals surface area contributed by atoms with Gasteiger partial charge in [-0.15, -0.1) is 0 Å². The summed E-state index contributed by atoms with van der Waals surface area (Å²) in [6, 6.07) is 9.33. The third kappa shape index (κ3) is 4.51. The maximum absolute atomic E-state index is 12.5. The van der Waals surface area contributed by atoms with E-state index in [4.69, 9.17) is 0 Å². The average molecular weight is 424 g/mol. The zero-order valence-electron chi connectivity index (χ0n) is 18.6. The highest BCUT2D eigenvalue weighted by molar-refractivity contribution is 5.69. The molecule has 1 aromatic carbocycles. The summed E-state index contributed by atoms with van der Waals surface area (Å²) in [5.74, 6) is 0. The number of nitrogens with zero attached hydrogens (tertiary/aromatic N) is 4. The van der Waals surface area contributed by atoms with Crippen LogP contribution < -0.4 is 16.6 Å². The van der Waals surface area contributed by atoms with E-state index in [1.54, 1.807) is 13.4 Å². The van der Waals surface area contributed by atoms with Crippen LogP contribution in [0.25, 0.3) is 11.2 Å². The monoisotopic (exact) mass is 423 g/mol. The summed E-state index contributed by atoms with van der Waals surface area (Å²) in [5, 5.41) is 3.73. The Hall–Kier alpha value is -2.67. The second kappa shape index (κ2) is 9.64. The van der Waals surface area contributed by atoms with E-state index in [0.717, 1.165) is 30.5 Å². The van der Waals surface area contributed by atoms with Crippen molar-refractivity contribution in [2.24, 2.45) is 14.1 Å². The van der Waals surface area contributed by atoms with E-state index in [9.17, 15) is 9.59 Å². The van der Waals surface area contributed by atoms with Crippen molar-refractivity contribution in [1.82, 2.24) is 24.0 Å². The van der Waals surface area contributed by atoms with Crippen molar-refractivity contribution >= 4 is 11.2 Å². The number of hydrogen-bond acceptors (Lipinski definition) is 4. The Morgan fingerprint density at radius 3 is 2.58 bits per heavy atom. The molecule has 7 nitrogen and oxygen atoms in total. The first kappa shape index (κ1) is 21.6. The molecule has 166 valence electrons. The molecule has 3 aromatic rings. The van der Waals surface area contributed by atoms with Crippen LogP contribution >= 0.6 is 0 Å². The lowest BCUT2D eigenvalue weighted by Gasteiger charge is -2.13. The van der Waals surface area contributed by atoms with Gasteiger partial charge in [0.2, 0.25) is 0 Å². The average Bonchev–Trinajstić information content (AvgIpc) is 3.39. The topological polar surface area (TPSA) is 73.8 Å². The molecular weight excluding hydrogens is 390 g/mol. The fraction of sp³-hybridized carbons (Fsp3) is 0.542. The van der Waals surface area contributed by atoms with Gasteiger partial charge < -0.3 is 9.88 Å². The molecule has 2 aromatic heterocycles. The zero-order valence-corrected chi connectivity index (χ0v) is 18.6. The molecule has 7 heteroatoms. The van der Waals surface area contributed by atoms with Gasteiger partial charge in [0.05, 0.1) is 6.33 Å². The van der Waals surface area contributed by atoms with Gasteiger partial charge in [-0.1, -0.05) is 49.9 Å². The number of aryl methyl sites for hydroxylation is 3. The quantitative estimate of drug-likeness (QED) is 0.509. The Balaban J connectivity index is 1.14. The lowest BCUT2D eigenvalue weighted by molar-refractivity contribution is 0.496. The predicted molar refractivity (Wildman–Crippen MR) is 123 cm³/mol. The first-order valence-electron chi connectivity index (χ1n) is 11.5. The van der Waals surface area contributed by atoms with Crippen molar-refractivity contribution in [3.63, 3.8) is 0 Å². The van der Waals surface area contributed by atoms with Crippen LogP contribution in [-0.4, -0.2) is 25.2 Å². The smallest absolute Gasteiger partial charge is 0.325 e. The minimum Gasteiger partial charge on any atom is -0.325 e. The first-order chi connectivity index (χ1) is 15.1. The summed E-state index contributed by atoms with van der Waals surface area (Å²) < 4.78 is 4.48. The van der Waals surface area contributed by atoms with Crippen molar-refractivity contribution in [2.45, 2.75) is 64.0 Å². The normalized spacial score (nSPS) is 15.6. The van der Waals surface area contributed by atoms with Gasteiger partial charge in [0.25, 0.3) is 5.56 Å². The number of aromatic nitrogens is 4. The summed E-state index contributed by atoms with van der Waals surface area (Å²) in [6.45, 7) is 1.84. The van der Waals surface area contributed by atoms with Crippen molar-refractivity contribution in [3.05, 3.63) is 62.6 Å². The molecule has 0 bridgehead atoms. The Morgan fingerprint density at radius 1 is 1.00 bits per heavy atom. The first-order valence-corrected chi connectivity index (χ1v) is 11.5. The molecule has 0 saturated carbocycles. The number of nitrogens with one attached hydrogen (secondary N) is 1. The second-order valence-corrected chi connectivity index (χ2v) is 8.68. The molecule has 2 heterocycles. The molecule has 1 aliphatic rings. The lowest BCUT2D eigenvalue weighted by atomic mass is 10.1. The van der Waals surface area contributed by atoms with E-state index in [0.29, 0.717) is 17.2 Å². The molecule has 1 atom stereocenters. The minimum atomic E-state index is -0.339. The van der Waals surface area contributed by atoms with Crippen LogP contribution in [0.1, 0.15) is 62.1 Å². The Bertz CT molecular complexity index is 1160. The molecule has 4 rings (SSSR count). The molecular formula is C24H33N5O2. The van der Waals surface area contributed by atoms with Gasteiger partial charge in [-0.25, -0.2) is 9.78 Å². The Kier molecular flexibility index (Phi) is 6.70. The summed E-state index contributed by atoms with van der Waals surface area (Å²) in [6.07, 6.45) is 11.1. The van der Waals surface area contributed by atoms with Gasteiger partial charge in [-0.2, -0.15) is 0 Å². The van der Waals surface area contributed by atoms with E-state index in [1.165, 1.54) is 61.3 Å². The molecule has 0 saturated heterocycles. The highest BCUT2D eigenvalue weighted by Gasteiger charge is 2.20. The molecule has 0 amide bonds. The van der Waals surface area contributed by atoms with Gasteiger partial charge >= 0.3 is 5.69 Å². The van der Waals surface area contributed by atoms with Gasteiger partial charge in [-0.05, 0) is 43.4 Å². The predicted octanol–water partition coefficient (Wildman–Crippen LogP) is 3.05. The maximum Gasteiger partial charge on any atom is 0.332 e. The van der Waals surface area contributed by atoms with E-state index in [1.807, 2.05) is 4.57 Å². The van der Waals surface area contributed by atoms with Gasteiger partial charge in [0, 0.05) is 26.7 Å². The van der Waals surface area contributed by atoms with Crippen molar-refractivity contribution in [2.75, 3.05) is 6.54 Å². The van der Waals surface area contributed by atoms with Crippen LogP contribution in [0.15, 0.2) is 40.2 Å². The summed E-state index contributed by atoms with van der Waals surface area (Å²) >= 11 is 0. The summed E-state index contributed by atoms with van der Waals surface area (Å²) in [4.78, 5) is 28.8. The van der Waals surface area contributed by atoms with Crippen molar-refractivity contribution in [3.8, 4) is 0 Å². The fourth-order valence-electron chi connectivity index (χ4n) is 4.73. The van der Waals surface area contributed by atoms with Crippen molar-refractivity contribution in [1.29, 1.82) is 0 Å². The standard InChI is InChI=1S/C24H33N5O2/c1-27-22-21(23(30)28(2)24(27)31)29(17-26-22)16-10-6-4-3-5-9-15-25-20-14-13-18-11-7-8-12-19(18)20/h7-8,11-12,17,20,25H,3-6,9-10,13-16H2,1-2H3. The van der Waals surface area contributed by atoms with Gasteiger partial charge in [0.1, 0.15) is 0 Å². The van der Waals surface area contributed by atoms with Crippen LogP contribution in [0.4, 0.5) is 0 Å². The molecule has 0 radical (unpaired) electrons. The Labute approximate surface area is 182 Å². The molecule has 0 fully saturated rings. The number of hydrogen-bond donors (Lipinski definition) is 1. The van der Waals surface area contributed by atoms with Crippen LogP contribution in [0.5, 0.6) is 0 Å². The molecule has 1 N–H and O–H groups in total.